The highest BCUT2D eigenvalue weighted by molar-refractivity contribution is 9.10. The Labute approximate surface area is 97.6 Å². The molecule has 82 valence electrons. The molecule has 0 spiro atoms. The molecule has 0 aromatic heterocycles. The largest absolute Gasteiger partial charge is 0.481 e. The van der Waals surface area contributed by atoms with Gasteiger partial charge in [-0.2, -0.15) is 0 Å². The van der Waals surface area contributed by atoms with E-state index in [1.807, 2.05) is 31.2 Å². The summed E-state index contributed by atoms with van der Waals surface area (Å²) in [5.41, 5.74) is 0.996. The Morgan fingerprint density at radius 3 is 2.80 bits per heavy atom. The molecule has 0 radical (unpaired) electrons. The lowest BCUT2D eigenvalue weighted by atomic mass is 10.1. The van der Waals surface area contributed by atoms with Crippen LogP contribution >= 0.6 is 15.9 Å². The SMILES string of the molecule is CC(CCC(=O)O)Nc1ccccc1Br. The van der Waals surface area contributed by atoms with E-state index < -0.39 is 5.97 Å². The molecule has 0 bridgehead atoms. The van der Waals surface area contributed by atoms with Gasteiger partial charge >= 0.3 is 5.97 Å². The third-order valence-electron chi connectivity index (χ3n) is 2.07. The summed E-state index contributed by atoms with van der Waals surface area (Å²) in [5.74, 6) is -0.754. The smallest absolute Gasteiger partial charge is 0.303 e. The summed E-state index contributed by atoms with van der Waals surface area (Å²) >= 11 is 3.43. The van der Waals surface area contributed by atoms with Crippen molar-refractivity contribution in [2.45, 2.75) is 25.8 Å². The minimum absolute atomic E-state index is 0.153. The first-order valence-corrected chi connectivity index (χ1v) is 5.61. The molecule has 3 nitrogen and oxygen atoms in total. The molecule has 2 N–H and O–H groups in total. The molecule has 1 aromatic rings. The fraction of sp³-hybridized carbons (Fsp3) is 0.364. The molecule has 1 aromatic carbocycles. The van der Waals surface area contributed by atoms with Crippen molar-refractivity contribution >= 4 is 27.6 Å². The lowest BCUT2D eigenvalue weighted by Gasteiger charge is -2.15. The van der Waals surface area contributed by atoms with Crippen LogP contribution in [0.4, 0.5) is 5.69 Å². The number of carboxylic acids is 1. The van der Waals surface area contributed by atoms with Gasteiger partial charge in [-0.1, -0.05) is 12.1 Å². The quantitative estimate of drug-likeness (QED) is 0.865. The van der Waals surface area contributed by atoms with Crippen molar-refractivity contribution in [3.05, 3.63) is 28.7 Å². The van der Waals surface area contributed by atoms with Gasteiger partial charge in [0.2, 0.25) is 0 Å². The number of anilines is 1. The van der Waals surface area contributed by atoms with Gasteiger partial charge < -0.3 is 10.4 Å². The average molecular weight is 272 g/mol. The predicted molar refractivity (Wildman–Crippen MR) is 64.1 cm³/mol. The summed E-state index contributed by atoms with van der Waals surface area (Å²) in [6.07, 6.45) is 0.815. The maximum absolute atomic E-state index is 10.4. The number of halogens is 1. The molecule has 0 aliphatic carbocycles. The second-order valence-corrected chi connectivity index (χ2v) is 4.31. The Hall–Kier alpha value is -1.03. The predicted octanol–water partition coefficient (Wildman–Crippen LogP) is 3.11. The number of carboxylic acid groups (broad SMARTS) is 1. The lowest BCUT2D eigenvalue weighted by molar-refractivity contribution is -0.137. The monoisotopic (exact) mass is 271 g/mol. The zero-order valence-corrected chi connectivity index (χ0v) is 10.1. The Bertz CT molecular complexity index is 341. The molecule has 0 fully saturated rings. The Balaban J connectivity index is 2.47. The molecule has 0 amide bonds. The van der Waals surface area contributed by atoms with Gasteiger partial charge in [-0.25, -0.2) is 0 Å². The molecular weight excluding hydrogens is 258 g/mol. The van der Waals surface area contributed by atoms with Crippen molar-refractivity contribution in [3.63, 3.8) is 0 Å². The van der Waals surface area contributed by atoms with Gasteiger partial charge in [0.1, 0.15) is 0 Å². The molecule has 0 saturated carbocycles. The molecular formula is C11H14BrNO2. The minimum Gasteiger partial charge on any atom is -0.481 e. The summed E-state index contributed by atoms with van der Waals surface area (Å²) in [7, 11) is 0. The van der Waals surface area contributed by atoms with Gasteiger partial charge in [0.15, 0.2) is 0 Å². The highest BCUT2D eigenvalue weighted by Gasteiger charge is 2.06. The summed E-state index contributed by atoms with van der Waals surface area (Å²) in [6, 6.07) is 7.95. The third-order valence-corrected chi connectivity index (χ3v) is 2.76. The molecule has 0 heterocycles. The zero-order valence-electron chi connectivity index (χ0n) is 8.53. The fourth-order valence-electron chi connectivity index (χ4n) is 1.26. The summed E-state index contributed by atoms with van der Waals surface area (Å²) in [4.78, 5) is 10.4. The van der Waals surface area contributed by atoms with Crippen LogP contribution in [0, 0.1) is 0 Å². The van der Waals surface area contributed by atoms with Gasteiger partial charge in [-0.15, -0.1) is 0 Å². The maximum atomic E-state index is 10.4. The Morgan fingerprint density at radius 1 is 1.53 bits per heavy atom. The van der Waals surface area contributed by atoms with Crippen molar-refractivity contribution in [1.82, 2.24) is 0 Å². The summed E-state index contributed by atoms with van der Waals surface area (Å²) in [6.45, 7) is 1.97. The number of benzene rings is 1. The second kappa shape index (κ2) is 5.75. The molecule has 4 heteroatoms. The number of hydrogen-bond acceptors (Lipinski definition) is 2. The first kappa shape index (κ1) is 12.0. The van der Waals surface area contributed by atoms with Crippen LogP contribution in [0.3, 0.4) is 0 Å². The maximum Gasteiger partial charge on any atom is 0.303 e. The summed E-state index contributed by atoms with van der Waals surface area (Å²) < 4.78 is 0.993. The highest BCUT2D eigenvalue weighted by atomic mass is 79.9. The van der Waals surface area contributed by atoms with E-state index in [9.17, 15) is 4.79 Å². The van der Waals surface area contributed by atoms with Crippen LogP contribution in [0.15, 0.2) is 28.7 Å². The van der Waals surface area contributed by atoms with Gasteiger partial charge in [0.05, 0.1) is 0 Å². The zero-order chi connectivity index (χ0) is 11.3. The first-order valence-electron chi connectivity index (χ1n) is 4.82. The van der Waals surface area contributed by atoms with E-state index in [0.717, 1.165) is 10.2 Å². The van der Waals surface area contributed by atoms with Crippen LogP contribution in [0.5, 0.6) is 0 Å². The van der Waals surface area contributed by atoms with Crippen molar-refractivity contribution < 1.29 is 9.90 Å². The van der Waals surface area contributed by atoms with Crippen molar-refractivity contribution in [2.75, 3.05) is 5.32 Å². The van der Waals surface area contributed by atoms with E-state index >= 15 is 0 Å². The van der Waals surface area contributed by atoms with Gasteiger partial charge in [0, 0.05) is 22.6 Å². The van der Waals surface area contributed by atoms with Gasteiger partial charge in [0.25, 0.3) is 0 Å². The third kappa shape index (κ3) is 4.34. The minimum atomic E-state index is -0.754. The molecule has 1 atom stereocenters. The fourth-order valence-corrected chi connectivity index (χ4v) is 1.66. The highest BCUT2D eigenvalue weighted by Crippen LogP contribution is 2.22. The normalized spacial score (nSPS) is 12.1. The number of hydrogen-bond donors (Lipinski definition) is 2. The standard InChI is InChI=1S/C11H14BrNO2/c1-8(6-7-11(14)15)13-10-5-3-2-4-9(10)12/h2-5,8,13H,6-7H2,1H3,(H,14,15). The molecule has 0 aliphatic heterocycles. The molecule has 0 saturated heterocycles. The Kier molecular flexibility index (Phi) is 4.62. The number of rotatable bonds is 5. The lowest BCUT2D eigenvalue weighted by Crippen LogP contribution is -2.16. The van der Waals surface area contributed by atoms with E-state index in [-0.39, 0.29) is 12.5 Å². The van der Waals surface area contributed by atoms with Crippen LogP contribution in [0.1, 0.15) is 19.8 Å². The van der Waals surface area contributed by atoms with E-state index in [0.29, 0.717) is 6.42 Å². The van der Waals surface area contributed by atoms with E-state index in [4.69, 9.17) is 5.11 Å². The number of carbonyl (C=O) groups is 1. The average Bonchev–Trinajstić information content (AvgIpc) is 2.18. The van der Waals surface area contributed by atoms with Crippen molar-refractivity contribution in [3.8, 4) is 0 Å². The van der Waals surface area contributed by atoms with Gasteiger partial charge in [-0.05, 0) is 41.4 Å². The van der Waals surface area contributed by atoms with Crippen LogP contribution in [-0.2, 0) is 4.79 Å². The van der Waals surface area contributed by atoms with Gasteiger partial charge in [-0.3, -0.25) is 4.79 Å². The Morgan fingerprint density at radius 2 is 2.20 bits per heavy atom. The van der Waals surface area contributed by atoms with E-state index in [1.54, 1.807) is 0 Å². The van der Waals surface area contributed by atoms with Crippen LogP contribution in [0.2, 0.25) is 0 Å². The van der Waals surface area contributed by atoms with E-state index in [2.05, 4.69) is 21.2 Å². The molecule has 0 aliphatic rings. The van der Waals surface area contributed by atoms with Crippen molar-refractivity contribution in [2.24, 2.45) is 0 Å². The molecule has 1 rings (SSSR count). The number of nitrogens with one attached hydrogen (secondary N) is 1. The second-order valence-electron chi connectivity index (χ2n) is 3.46. The summed E-state index contributed by atoms with van der Waals surface area (Å²) in [5, 5.41) is 11.8. The van der Waals surface area contributed by atoms with Crippen LogP contribution in [-0.4, -0.2) is 17.1 Å². The first-order chi connectivity index (χ1) is 7.09. The number of aliphatic carboxylic acids is 1. The van der Waals surface area contributed by atoms with Crippen LogP contribution < -0.4 is 5.32 Å². The molecule has 15 heavy (non-hydrogen) atoms. The van der Waals surface area contributed by atoms with E-state index in [1.165, 1.54) is 0 Å². The molecule has 1 unspecified atom stereocenters. The number of para-hydroxylation sites is 1. The topological polar surface area (TPSA) is 49.3 Å². The van der Waals surface area contributed by atoms with Crippen LogP contribution in [0.25, 0.3) is 0 Å². The van der Waals surface area contributed by atoms with Crippen molar-refractivity contribution in [1.29, 1.82) is 0 Å².